The van der Waals surface area contributed by atoms with Crippen LogP contribution in [0.15, 0.2) is 30.3 Å². The smallest absolute Gasteiger partial charge is 0.224 e. The molecule has 0 unspecified atom stereocenters. The fraction of sp³-hybridized carbons (Fsp3) is 0.333. The molecule has 1 aromatic carbocycles. The Bertz CT molecular complexity index is 349. The van der Waals surface area contributed by atoms with Gasteiger partial charge in [0.2, 0.25) is 11.8 Å². The Labute approximate surface area is 94.8 Å². The molecule has 0 aliphatic rings. The Morgan fingerprint density at radius 3 is 2.31 bits per heavy atom. The van der Waals surface area contributed by atoms with Crippen molar-refractivity contribution in [2.45, 2.75) is 25.7 Å². The van der Waals surface area contributed by atoms with E-state index in [1.165, 1.54) is 0 Å². The zero-order chi connectivity index (χ0) is 11.8. The Morgan fingerprint density at radius 1 is 1.06 bits per heavy atom. The molecule has 1 rings (SSSR count). The Balaban J connectivity index is 2.19. The summed E-state index contributed by atoms with van der Waals surface area (Å²) in [5, 5.41) is 2.77. The molecule has 0 bridgehead atoms. The van der Waals surface area contributed by atoms with E-state index in [0.29, 0.717) is 25.7 Å². The van der Waals surface area contributed by atoms with Crippen molar-refractivity contribution in [2.24, 2.45) is 5.73 Å². The first-order valence-electron chi connectivity index (χ1n) is 5.31. The number of hydrogen-bond acceptors (Lipinski definition) is 2. The highest BCUT2D eigenvalue weighted by Crippen LogP contribution is 2.07. The minimum Gasteiger partial charge on any atom is -0.370 e. The fourth-order valence-corrected chi connectivity index (χ4v) is 1.33. The highest BCUT2D eigenvalue weighted by molar-refractivity contribution is 5.90. The standard InChI is InChI=1S/C12H16N2O2/c13-11(15)8-4-5-9-12(16)14-10-6-2-1-3-7-10/h1-3,6-7H,4-5,8-9H2,(H2,13,15)(H,14,16). The summed E-state index contributed by atoms with van der Waals surface area (Å²) in [6.07, 6.45) is 2.11. The average Bonchev–Trinajstić information content (AvgIpc) is 2.25. The van der Waals surface area contributed by atoms with Crippen molar-refractivity contribution in [2.75, 3.05) is 5.32 Å². The number of nitrogens with one attached hydrogen (secondary N) is 1. The Hall–Kier alpha value is -1.84. The van der Waals surface area contributed by atoms with Crippen LogP contribution < -0.4 is 11.1 Å². The van der Waals surface area contributed by atoms with Crippen LogP contribution in [-0.2, 0) is 9.59 Å². The minimum absolute atomic E-state index is 0.0318. The van der Waals surface area contributed by atoms with Gasteiger partial charge in [-0.2, -0.15) is 0 Å². The molecule has 0 aliphatic heterocycles. The SMILES string of the molecule is NC(=O)CCCCC(=O)Nc1ccccc1. The van der Waals surface area contributed by atoms with E-state index in [1.807, 2.05) is 30.3 Å². The molecule has 3 N–H and O–H groups in total. The molecule has 0 spiro atoms. The van der Waals surface area contributed by atoms with Gasteiger partial charge in [-0.15, -0.1) is 0 Å². The molecule has 2 amide bonds. The van der Waals surface area contributed by atoms with E-state index >= 15 is 0 Å². The number of unbranched alkanes of at least 4 members (excludes halogenated alkanes) is 1. The van der Waals surface area contributed by atoms with E-state index < -0.39 is 0 Å². The van der Waals surface area contributed by atoms with E-state index in [1.54, 1.807) is 0 Å². The first-order valence-corrected chi connectivity index (χ1v) is 5.31. The summed E-state index contributed by atoms with van der Waals surface area (Å²) in [5.74, 6) is -0.348. The number of carbonyl (C=O) groups excluding carboxylic acids is 2. The van der Waals surface area contributed by atoms with Gasteiger partial charge in [0.15, 0.2) is 0 Å². The number of hydrogen-bond donors (Lipinski definition) is 2. The van der Waals surface area contributed by atoms with Crippen LogP contribution in [-0.4, -0.2) is 11.8 Å². The average molecular weight is 220 g/mol. The largest absolute Gasteiger partial charge is 0.370 e. The van der Waals surface area contributed by atoms with Gasteiger partial charge < -0.3 is 11.1 Å². The quantitative estimate of drug-likeness (QED) is 0.716. The molecule has 0 fully saturated rings. The van der Waals surface area contributed by atoms with Crippen molar-refractivity contribution in [1.29, 1.82) is 0 Å². The van der Waals surface area contributed by atoms with Crippen molar-refractivity contribution in [3.8, 4) is 0 Å². The summed E-state index contributed by atoms with van der Waals surface area (Å²) >= 11 is 0. The number of nitrogens with two attached hydrogens (primary N) is 1. The van der Waals surface area contributed by atoms with Gasteiger partial charge in [-0.1, -0.05) is 18.2 Å². The van der Waals surface area contributed by atoms with Gasteiger partial charge >= 0.3 is 0 Å². The number of anilines is 1. The lowest BCUT2D eigenvalue weighted by atomic mass is 10.2. The molecule has 0 saturated heterocycles. The van der Waals surface area contributed by atoms with Crippen LogP contribution in [0, 0.1) is 0 Å². The van der Waals surface area contributed by atoms with Gasteiger partial charge in [-0.3, -0.25) is 9.59 Å². The molecule has 86 valence electrons. The third-order valence-corrected chi connectivity index (χ3v) is 2.13. The molecule has 16 heavy (non-hydrogen) atoms. The summed E-state index contributed by atoms with van der Waals surface area (Å²) in [6.45, 7) is 0. The number of carbonyl (C=O) groups is 2. The number of primary amides is 1. The number of amides is 2. The number of benzene rings is 1. The van der Waals surface area contributed by atoms with Crippen molar-refractivity contribution in [1.82, 2.24) is 0 Å². The molecule has 4 nitrogen and oxygen atoms in total. The number of rotatable bonds is 6. The van der Waals surface area contributed by atoms with Crippen molar-refractivity contribution >= 4 is 17.5 Å². The molecule has 0 saturated carbocycles. The van der Waals surface area contributed by atoms with E-state index in [2.05, 4.69) is 5.32 Å². The summed E-state index contributed by atoms with van der Waals surface area (Å²) in [5.41, 5.74) is 5.79. The second-order valence-corrected chi connectivity index (χ2v) is 3.59. The summed E-state index contributed by atoms with van der Waals surface area (Å²) < 4.78 is 0. The van der Waals surface area contributed by atoms with Gasteiger partial charge in [0.1, 0.15) is 0 Å². The normalized spacial score (nSPS) is 9.75. The third-order valence-electron chi connectivity index (χ3n) is 2.13. The van der Waals surface area contributed by atoms with E-state index in [4.69, 9.17) is 5.73 Å². The molecule has 0 aliphatic carbocycles. The summed E-state index contributed by atoms with van der Waals surface area (Å²) in [4.78, 5) is 21.9. The maximum atomic E-state index is 11.4. The lowest BCUT2D eigenvalue weighted by Gasteiger charge is -2.04. The van der Waals surface area contributed by atoms with Crippen LogP contribution in [0.2, 0.25) is 0 Å². The van der Waals surface area contributed by atoms with Gasteiger partial charge in [0.25, 0.3) is 0 Å². The lowest BCUT2D eigenvalue weighted by Crippen LogP contribution is -2.12. The number of para-hydroxylation sites is 1. The van der Waals surface area contributed by atoms with E-state index in [9.17, 15) is 9.59 Å². The highest BCUT2D eigenvalue weighted by Gasteiger charge is 2.02. The second-order valence-electron chi connectivity index (χ2n) is 3.59. The maximum absolute atomic E-state index is 11.4. The molecular formula is C12H16N2O2. The van der Waals surface area contributed by atoms with Crippen LogP contribution in [0.25, 0.3) is 0 Å². The van der Waals surface area contributed by atoms with Crippen LogP contribution >= 0.6 is 0 Å². The summed E-state index contributed by atoms with van der Waals surface area (Å²) in [6, 6.07) is 9.29. The predicted molar refractivity (Wildman–Crippen MR) is 62.7 cm³/mol. The fourth-order valence-electron chi connectivity index (χ4n) is 1.33. The monoisotopic (exact) mass is 220 g/mol. The van der Waals surface area contributed by atoms with Crippen molar-refractivity contribution < 1.29 is 9.59 Å². The first kappa shape index (κ1) is 12.2. The van der Waals surface area contributed by atoms with Crippen molar-refractivity contribution in [3.63, 3.8) is 0 Å². The summed E-state index contributed by atoms with van der Waals surface area (Å²) in [7, 11) is 0. The Kier molecular flexibility index (Phi) is 5.05. The molecule has 0 atom stereocenters. The topological polar surface area (TPSA) is 72.2 Å². The minimum atomic E-state index is -0.316. The Morgan fingerprint density at radius 2 is 1.69 bits per heavy atom. The molecule has 0 heterocycles. The van der Waals surface area contributed by atoms with Gasteiger partial charge in [-0.05, 0) is 25.0 Å². The second kappa shape index (κ2) is 6.61. The predicted octanol–water partition coefficient (Wildman–Crippen LogP) is 1.67. The molecule has 1 aromatic rings. The lowest BCUT2D eigenvalue weighted by molar-refractivity contribution is -0.119. The molecular weight excluding hydrogens is 204 g/mol. The zero-order valence-corrected chi connectivity index (χ0v) is 9.11. The molecule has 4 heteroatoms. The highest BCUT2D eigenvalue weighted by atomic mass is 16.1. The van der Waals surface area contributed by atoms with Gasteiger partial charge in [-0.25, -0.2) is 0 Å². The maximum Gasteiger partial charge on any atom is 0.224 e. The first-order chi connectivity index (χ1) is 7.68. The molecule has 0 radical (unpaired) electrons. The van der Waals surface area contributed by atoms with Crippen molar-refractivity contribution in [3.05, 3.63) is 30.3 Å². The molecule has 0 aromatic heterocycles. The third kappa shape index (κ3) is 5.14. The van der Waals surface area contributed by atoms with E-state index in [-0.39, 0.29) is 11.8 Å². The van der Waals surface area contributed by atoms with Gasteiger partial charge in [0, 0.05) is 18.5 Å². The van der Waals surface area contributed by atoms with Crippen LogP contribution in [0.5, 0.6) is 0 Å². The van der Waals surface area contributed by atoms with Crippen LogP contribution in [0.1, 0.15) is 25.7 Å². The van der Waals surface area contributed by atoms with E-state index in [0.717, 1.165) is 5.69 Å². The van der Waals surface area contributed by atoms with Gasteiger partial charge in [0.05, 0.1) is 0 Å². The van der Waals surface area contributed by atoms with Crippen LogP contribution in [0.3, 0.4) is 0 Å². The van der Waals surface area contributed by atoms with Crippen LogP contribution in [0.4, 0.5) is 5.69 Å². The zero-order valence-electron chi connectivity index (χ0n) is 9.11.